The first-order valence-electron chi connectivity index (χ1n) is 8.51. The molecule has 0 bridgehead atoms. The van der Waals surface area contributed by atoms with Gasteiger partial charge in [-0.1, -0.05) is 22.4 Å². The van der Waals surface area contributed by atoms with E-state index in [0.717, 1.165) is 35.6 Å². The fourth-order valence-electron chi connectivity index (χ4n) is 3.30. The van der Waals surface area contributed by atoms with Crippen LogP contribution in [0, 0.1) is 6.92 Å². The molecule has 1 aliphatic rings. The number of aromatic nitrogens is 2. The Morgan fingerprint density at radius 3 is 2.88 bits per heavy atom. The number of carbonyl (C=O) groups is 1. The molecule has 3 heterocycles. The molecule has 0 radical (unpaired) electrons. The van der Waals surface area contributed by atoms with E-state index in [2.05, 4.69) is 10.3 Å². The van der Waals surface area contributed by atoms with Crippen LogP contribution in [0.3, 0.4) is 0 Å². The van der Waals surface area contributed by atoms with Gasteiger partial charge in [-0.25, -0.2) is 0 Å². The highest BCUT2D eigenvalue weighted by Crippen LogP contribution is 2.33. The van der Waals surface area contributed by atoms with Gasteiger partial charge in [0.05, 0.1) is 13.2 Å². The van der Waals surface area contributed by atoms with E-state index in [9.17, 15) is 4.79 Å². The fraction of sp³-hybridized carbons (Fsp3) is 0.316. The number of benzene rings is 1. The Balaban J connectivity index is 1.57. The number of methoxy groups -OCH3 is 1. The van der Waals surface area contributed by atoms with E-state index >= 15 is 0 Å². The van der Waals surface area contributed by atoms with Crippen molar-refractivity contribution < 1.29 is 18.6 Å². The molecular weight excluding hydrogens is 334 g/mol. The van der Waals surface area contributed by atoms with Crippen LogP contribution >= 0.6 is 0 Å². The molecule has 1 fully saturated rings. The highest BCUT2D eigenvalue weighted by Gasteiger charge is 2.34. The van der Waals surface area contributed by atoms with E-state index in [1.54, 1.807) is 18.1 Å². The Kier molecular flexibility index (Phi) is 4.20. The normalized spacial score (nSPS) is 16.8. The van der Waals surface area contributed by atoms with Crippen molar-refractivity contribution >= 4 is 5.91 Å². The van der Waals surface area contributed by atoms with E-state index in [0.29, 0.717) is 12.2 Å². The van der Waals surface area contributed by atoms with Crippen molar-refractivity contribution in [2.45, 2.75) is 25.8 Å². The van der Waals surface area contributed by atoms with E-state index in [4.69, 9.17) is 13.8 Å². The van der Waals surface area contributed by atoms with Crippen LogP contribution in [0.15, 0.2) is 45.4 Å². The van der Waals surface area contributed by atoms with Gasteiger partial charge in [-0.3, -0.25) is 4.79 Å². The number of rotatable bonds is 4. The van der Waals surface area contributed by atoms with Crippen molar-refractivity contribution in [3.8, 4) is 17.0 Å². The number of aryl methyl sites for hydroxylation is 1. The van der Waals surface area contributed by atoms with Crippen LogP contribution < -0.4 is 4.74 Å². The summed E-state index contributed by atoms with van der Waals surface area (Å²) in [4.78, 5) is 14.7. The Labute approximate surface area is 150 Å². The summed E-state index contributed by atoms with van der Waals surface area (Å²) in [6.45, 7) is 2.50. The molecule has 0 spiro atoms. The van der Waals surface area contributed by atoms with Gasteiger partial charge in [0.2, 0.25) is 5.76 Å². The van der Waals surface area contributed by atoms with Gasteiger partial charge in [0.15, 0.2) is 0 Å². The number of hydrogen-bond donors (Lipinski definition) is 0. The van der Waals surface area contributed by atoms with Crippen molar-refractivity contribution in [3.63, 3.8) is 0 Å². The number of nitrogens with zero attached hydrogens (tertiary/aromatic N) is 3. The average Bonchev–Trinajstić information content (AvgIpc) is 3.41. The molecule has 0 saturated carbocycles. The lowest BCUT2D eigenvalue weighted by molar-refractivity contribution is 0.0688. The number of amides is 1. The minimum atomic E-state index is -0.185. The number of carbonyl (C=O) groups excluding carboxylic acids is 1. The molecule has 2 aromatic heterocycles. The summed E-state index contributed by atoms with van der Waals surface area (Å²) in [6.07, 6.45) is 1.77. The van der Waals surface area contributed by atoms with Gasteiger partial charge in [0, 0.05) is 24.2 Å². The molecule has 0 aliphatic carbocycles. The lowest BCUT2D eigenvalue weighted by Crippen LogP contribution is -2.30. The number of hydrogen-bond acceptors (Lipinski definition) is 6. The van der Waals surface area contributed by atoms with Gasteiger partial charge in [-0.2, -0.15) is 0 Å². The van der Waals surface area contributed by atoms with Crippen LogP contribution in [-0.4, -0.2) is 34.8 Å². The quantitative estimate of drug-likeness (QED) is 0.712. The van der Waals surface area contributed by atoms with Gasteiger partial charge < -0.3 is 18.7 Å². The minimum Gasteiger partial charge on any atom is -0.497 e. The predicted octanol–water partition coefficient (Wildman–Crippen LogP) is 3.62. The van der Waals surface area contributed by atoms with Crippen molar-refractivity contribution in [2.24, 2.45) is 0 Å². The molecule has 1 aliphatic heterocycles. The van der Waals surface area contributed by atoms with Gasteiger partial charge in [-0.15, -0.1) is 0 Å². The van der Waals surface area contributed by atoms with Crippen molar-refractivity contribution in [2.75, 3.05) is 13.7 Å². The molecular formula is C19H19N3O4. The maximum atomic E-state index is 12.9. The second kappa shape index (κ2) is 6.67. The third-order valence-corrected chi connectivity index (χ3v) is 4.59. The Hall–Kier alpha value is -3.09. The first kappa shape index (κ1) is 16.4. The predicted molar refractivity (Wildman–Crippen MR) is 92.7 cm³/mol. The summed E-state index contributed by atoms with van der Waals surface area (Å²) in [5, 5.41) is 8.11. The van der Waals surface area contributed by atoms with Crippen LogP contribution in [0.1, 0.15) is 40.9 Å². The standard InChI is InChI=1S/C19H19N3O4/c1-12-9-16(21-25-12)17-7-4-8-22(17)19(23)18-11-15(20-26-18)13-5-3-6-14(10-13)24-2/h3,5-6,9-11,17H,4,7-8H2,1-2H3/t17-/m0/s1. The Morgan fingerprint density at radius 2 is 2.12 bits per heavy atom. The fourth-order valence-corrected chi connectivity index (χ4v) is 3.30. The van der Waals surface area contributed by atoms with Crippen molar-refractivity contribution in [1.82, 2.24) is 15.2 Å². The molecule has 1 amide bonds. The largest absolute Gasteiger partial charge is 0.497 e. The van der Waals surface area contributed by atoms with Crippen LogP contribution in [0.5, 0.6) is 5.75 Å². The maximum Gasteiger partial charge on any atom is 0.293 e. The lowest BCUT2D eigenvalue weighted by Gasteiger charge is -2.21. The van der Waals surface area contributed by atoms with Gasteiger partial charge in [-0.05, 0) is 31.9 Å². The van der Waals surface area contributed by atoms with Crippen molar-refractivity contribution in [1.29, 1.82) is 0 Å². The monoisotopic (exact) mass is 353 g/mol. The van der Waals surface area contributed by atoms with Crippen molar-refractivity contribution in [3.05, 3.63) is 53.6 Å². The zero-order chi connectivity index (χ0) is 18.1. The highest BCUT2D eigenvalue weighted by atomic mass is 16.5. The Bertz CT molecular complexity index is 930. The van der Waals surface area contributed by atoms with Crippen LogP contribution in [0.2, 0.25) is 0 Å². The molecule has 26 heavy (non-hydrogen) atoms. The molecule has 0 N–H and O–H groups in total. The number of ether oxygens (including phenoxy) is 1. The van der Waals surface area contributed by atoms with E-state index in [1.807, 2.05) is 37.3 Å². The maximum absolute atomic E-state index is 12.9. The Morgan fingerprint density at radius 1 is 1.23 bits per heavy atom. The third-order valence-electron chi connectivity index (χ3n) is 4.59. The van der Waals surface area contributed by atoms with Gasteiger partial charge in [0.25, 0.3) is 5.91 Å². The molecule has 7 nitrogen and oxygen atoms in total. The first-order chi connectivity index (χ1) is 12.7. The molecule has 7 heteroatoms. The van der Waals surface area contributed by atoms with E-state index < -0.39 is 0 Å². The summed E-state index contributed by atoms with van der Waals surface area (Å²) in [5.41, 5.74) is 2.21. The van der Waals surface area contributed by atoms with E-state index in [1.165, 1.54) is 0 Å². The average molecular weight is 353 g/mol. The summed E-state index contributed by atoms with van der Waals surface area (Å²) in [5.74, 6) is 1.49. The molecule has 0 unspecified atom stereocenters. The van der Waals surface area contributed by atoms with Crippen LogP contribution in [0.4, 0.5) is 0 Å². The third kappa shape index (κ3) is 2.96. The zero-order valence-electron chi connectivity index (χ0n) is 14.6. The smallest absolute Gasteiger partial charge is 0.293 e. The molecule has 3 aromatic rings. The molecule has 1 atom stereocenters. The summed E-state index contributed by atoms with van der Waals surface area (Å²) in [7, 11) is 1.61. The first-order valence-corrected chi connectivity index (χ1v) is 8.51. The van der Waals surface area contributed by atoms with Crippen LogP contribution in [0.25, 0.3) is 11.3 Å². The highest BCUT2D eigenvalue weighted by molar-refractivity contribution is 5.93. The van der Waals surface area contributed by atoms with Gasteiger partial charge >= 0.3 is 0 Å². The molecule has 4 rings (SSSR count). The summed E-state index contributed by atoms with van der Waals surface area (Å²) in [6, 6.07) is 10.9. The second-order valence-corrected chi connectivity index (χ2v) is 6.33. The van der Waals surface area contributed by atoms with Gasteiger partial charge in [0.1, 0.15) is 22.9 Å². The molecule has 1 aromatic carbocycles. The molecule has 134 valence electrons. The van der Waals surface area contributed by atoms with Crippen LogP contribution in [-0.2, 0) is 0 Å². The minimum absolute atomic E-state index is 0.0923. The number of likely N-dealkylation sites (tertiary alicyclic amines) is 1. The topological polar surface area (TPSA) is 81.6 Å². The second-order valence-electron chi connectivity index (χ2n) is 6.33. The van der Waals surface area contributed by atoms with E-state index in [-0.39, 0.29) is 17.7 Å². The zero-order valence-corrected chi connectivity index (χ0v) is 14.6. The summed E-state index contributed by atoms with van der Waals surface area (Å²) >= 11 is 0. The SMILES string of the molecule is COc1cccc(-c2cc(C(=O)N3CCC[C@H]3c3cc(C)on3)on2)c1. The summed E-state index contributed by atoms with van der Waals surface area (Å²) < 4.78 is 15.7. The molecule has 1 saturated heterocycles. The lowest BCUT2D eigenvalue weighted by atomic mass is 10.1.